The highest BCUT2D eigenvalue weighted by molar-refractivity contribution is 7.98. The number of thioether (sulfide) groups is 1. The van der Waals surface area contributed by atoms with E-state index in [9.17, 15) is 0 Å². The lowest BCUT2D eigenvalue weighted by Crippen LogP contribution is -2.20. The first kappa shape index (κ1) is 19.0. The Balaban J connectivity index is 1.49. The van der Waals surface area contributed by atoms with Gasteiger partial charge in [-0.05, 0) is 31.2 Å². The Morgan fingerprint density at radius 3 is 2.88 bits per heavy atom. The maximum absolute atomic E-state index is 5.76. The predicted molar refractivity (Wildman–Crippen MR) is 104 cm³/mol. The fourth-order valence-corrected chi connectivity index (χ4v) is 3.59. The van der Waals surface area contributed by atoms with Gasteiger partial charge in [-0.15, -0.1) is 10.2 Å². The fourth-order valence-electron chi connectivity index (χ4n) is 3.07. The molecule has 26 heavy (non-hydrogen) atoms. The molecule has 6 nitrogen and oxygen atoms in total. The number of nitrogens with zero attached hydrogens (tertiary/aromatic N) is 3. The van der Waals surface area contributed by atoms with E-state index in [-0.39, 0.29) is 0 Å². The minimum absolute atomic E-state index is 0.584. The van der Waals surface area contributed by atoms with Gasteiger partial charge in [-0.3, -0.25) is 0 Å². The monoisotopic (exact) mass is 376 g/mol. The third kappa shape index (κ3) is 4.71. The van der Waals surface area contributed by atoms with E-state index in [1.807, 2.05) is 12.1 Å². The van der Waals surface area contributed by atoms with Gasteiger partial charge in [0.05, 0.1) is 0 Å². The SMILES string of the molecule is CSc1nnc(CCCNCc2cccc3c2OCCO3)n1CC(C)C. The van der Waals surface area contributed by atoms with Crippen LogP contribution in [0.3, 0.4) is 0 Å². The average molecular weight is 377 g/mol. The third-order valence-corrected chi connectivity index (χ3v) is 4.91. The van der Waals surface area contributed by atoms with Gasteiger partial charge in [0, 0.05) is 25.1 Å². The summed E-state index contributed by atoms with van der Waals surface area (Å²) in [5.41, 5.74) is 1.15. The Labute approximate surface area is 159 Å². The molecule has 0 fully saturated rings. The van der Waals surface area contributed by atoms with Gasteiger partial charge in [-0.2, -0.15) is 0 Å². The molecule has 1 aromatic heterocycles. The van der Waals surface area contributed by atoms with Crippen molar-refractivity contribution in [1.82, 2.24) is 20.1 Å². The molecule has 0 atom stereocenters. The van der Waals surface area contributed by atoms with E-state index in [4.69, 9.17) is 9.47 Å². The number of ether oxygens (including phenoxy) is 2. The molecule has 0 radical (unpaired) electrons. The van der Waals surface area contributed by atoms with Crippen LogP contribution in [0.4, 0.5) is 0 Å². The van der Waals surface area contributed by atoms with Crippen LogP contribution in [0.1, 0.15) is 31.7 Å². The Bertz CT molecular complexity index is 718. The normalized spacial score (nSPS) is 13.4. The lowest BCUT2D eigenvalue weighted by molar-refractivity contribution is 0.169. The number of nitrogens with one attached hydrogen (secondary N) is 1. The molecule has 142 valence electrons. The topological polar surface area (TPSA) is 61.2 Å². The largest absolute Gasteiger partial charge is 0.486 e. The summed E-state index contributed by atoms with van der Waals surface area (Å²) in [5, 5.41) is 13.2. The maximum Gasteiger partial charge on any atom is 0.190 e. The van der Waals surface area contributed by atoms with E-state index >= 15 is 0 Å². The van der Waals surface area contributed by atoms with E-state index in [0.717, 1.165) is 60.5 Å². The van der Waals surface area contributed by atoms with E-state index in [0.29, 0.717) is 19.1 Å². The summed E-state index contributed by atoms with van der Waals surface area (Å²) in [7, 11) is 0. The summed E-state index contributed by atoms with van der Waals surface area (Å²) in [6.45, 7) is 8.37. The summed E-state index contributed by atoms with van der Waals surface area (Å²) in [4.78, 5) is 0. The quantitative estimate of drug-likeness (QED) is 0.536. The number of aryl methyl sites for hydroxylation is 1. The van der Waals surface area contributed by atoms with Gasteiger partial charge >= 0.3 is 0 Å². The van der Waals surface area contributed by atoms with Gasteiger partial charge in [0.25, 0.3) is 0 Å². The van der Waals surface area contributed by atoms with Gasteiger partial charge in [0.15, 0.2) is 16.7 Å². The van der Waals surface area contributed by atoms with Gasteiger partial charge in [-0.1, -0.05) is 37.7 Å². The molecular formula is C19H28N4O2S. The zero-order valence-corrected chi connectivity index (χ0v) is 16.6. The molecule has 0 unspecified atom stereocenters. The van der Waals surface area contributed by atoms with Crippen LogP contribution in [0.5, 0.6) is 11.5 Å². The van der Waals surface area contributed by atoms with Crippen LogP contribution < -0.4 is 14.8 Å². The Morgan fingerprint density at radius 2 is 2.08 bits per heavy atom. The molecule has 0 amide bonds. The smallest absolute Gasteiger partial charge is 0.190 e. The van der Waals surface area contributed by atoms with Crippen LogP contribution in [-0.4, -0.2) is 40.8 Å². The standard InChI is InChI=1S/C19H28N4O2S/c1-14(2)13-23-17(21-22-19(23)26-3)8-5-9-20-12-15-6-4-7-16-18(15)25-11-10-24-16/h4,6-7,14,20H,5,8-13H2,1-3H3. The molecule has 1 aliphatic heterocycles. The number of hydrogen-bond donors (Lipinski definition) is 1. The van der Waals surface area contributed by atoms with Crippen LogP contribution in [0.25, 0.3) is 0 Å². The molecular weight excluding hydrogens is 348 g/mol. The molecule has 2 heterocycles. The number of benzene rings is 1. The molecule has 0 spiro atoms. The third-order valence-electron chi connectivity index (χ3n) is 4.24. The lowest BCUT2D eigenvalue weighted by Gasteiger charge is -2.21. The van der Waals surface area contributed by atoms with Crippen molar-refractivity contribution in [2.45, 2.75) is 44.9 Å². The van der Waals surface area contributed by atoms with Crippen LogP contribution in [0, 0.1) is 5.92 Å². The predicted octanol–water partition coefficient (Wildman–Crippen LogP) is 3.15. The molecule has 7 heteroatoms. The zero-order valence-electron chi connectivity index (χ0n) is 15.8. The van der Waals surface area contributed by atoms with Crippen molar-refractivity contribution < 1.29 is 9.47 Å². The van der Waals surface area contributed by atoms with E-state index < -0.39 is 0 Å². The van der Waals surface area contributed by atoms with Crippen molar-refractivity contribution in [2.75, 3.05) is 26.0 Å². The Morgan fingerprint density at radius 1 is 1.23 bits per heavy atom. The second kappa shape index (κ2) is 9.28. The average Bonchev–Trinajstić information content (AvgIpc) is 3.02. The Hall–Kier alpha value is -1.73. The summed E-state index contributed by atoms with van der Waals surface area (Å²) in [6, 6.07) is 6.07. The Kier molecular flexibility index (Phi) is 6.80. The van der Waals surface area contributed by atoms with Crippen LogP contribution in [0.15, 0.2) is 23.4 Å². The van der Waals surface area contributed by atoms with E-state index in [2.05, 4.69) is 46.3 Å². The number of para-hydroxylation sites is 1. The first-order chi connectivity index (χ1) is 12.7. The minimum atomic E-state index is 0.584. The molecule has 0 saturated carbocycles. The summed E-state index contributed by atoms with van der Waals surface area (Å²) < 4.78 is 13.7. The highest BCUT2D eigenvalue weighted by atomic mass is 32.2. The van der Waals surface area contributed by atoms with Crippen molar-refractivity contribution in [1.29, 1.82) is 0 Å². The van der Waals surface area contributed by atoms with Gasteiger partial charge in [0.1, 0.15) is 19.0 Å². The summed E-state index contributed by atoms with van der Waals surface area (Å²) in [6.07, 6.45) is 4.01. The summed E-state index contributed by atoms with van der Waals surface area (Å²) in [5.74, 6) is 3.40. The van der Waals surface area contributed by atoms with Crippen LogP contribution in [0.2, 0.25) is 0 Å². The fraction of sp³-hybridized carbons (Fsp3) is 0.579. The zero-order chi connectivity index (χ0) is 18.4. The molecule has 1 aromatic carbocycles. The van der Waals surface area contributed by atoms with Crippen LogP contribution >= 0.6 is 11.8 Å². The van der Waals surface area contributed by atoms with Gasteiger partial charge < -0.3 is 19.4 Å². The second-order valence-corrected chi connectivity index (χ2v) is 7.60. The van der Waals surface area contributed by atoms with Gasteiger partial charge in [-0.25, -0.2) is 0 Å². The van der Waals surface area contributed by atoms with Gasteiger partial charge in [0.2, 0.25) is 0 Å². The van der Waals surface area contributed by atoms with Crippen molar-refractivity contribution in [3.8, 4) is 11.5 Å². The van der Waals surface area contributed by atoms with Crippen molar-refractivity contribution >= 4 is 11.8 Å². The maximum atomic E-state index is 5.76. The van der Waals surface area contributed by atoms with Crippen molar-refractivity contribution in [2.24, 2.45) is 5.92 Å². The van der Waals surface area contributed by atoms with Crippen molar-refractivity contribution in [3.63, 3.8) is 0 Å². The molecule has 1 aliphatic rings. The number of fused-ring (bicyclic) bond motifs is 1. The molecule has 2 aromatic rings. The number of hydrogen-bond acceptors (Lipinski definition) is 6. The first-order valence-electron chi connectivity index (χ1n) is 9.23. The number of aromatic nitrogens is 3. The van der Waals surface area contributed by atoms with Crippen LogP contribution in [-0.2, 0) is 19.5 Å². The molecule has 0 bridgehead atoms. The van der Waals surface area contributed by atoms with E-state index in [1.54, 1.807) is 11.8 Å². The minimum Gasteiger partial charge on any atom is -0.486 e. The van der Waals surface area contributed by atoms with E-state index in [1.165, 1.54) is 0 Å². The molecule has 1 N–H and O–H groups in total. The molecule has 0 aliphatic carbocycles. The first-order valence-corrected chi connectivity index (χ1v) is 10.5. The molecule has 3 rings (SSSR count). The summed E-state index contributed by atoms with van der Waals surface area (Å²) >= 11 is 1.66. The highest BCUT2D eigenvalue weighted by Gasteiger charge is 2.15. The highest BCUT2D eigenvalue weighted by Crippen LogP contribution is 2.33. The lowest BCUT2D eigenvalue weighted by atomic mass is 10.1. The number of rotatable bonds is 9. The second-order valence-electron chi connectivity index (χ2n) is 6.83. The van der Waals surface area contributed by atoms with Crippen molar-refractivity contribution in [3.05, 3.63) is 29.6 Å². The molecule has 0 saturated heterocycles.